The molecule has 1 saturated heterocycles. The lowest BCUT2D eigenvalue weighted by molar-refractivity contribution is -0.136. The highest BCUT2D eigenvalue weighted by Crippen LogP contribution is 2.34. The molecular formula is C25H24Cl2N6O2. The van der Waals surface area contributed by atoms with E-state index in [1.807, 2.05) is 64.9 Å². The van der Waals surface area contributed by atoms with Crippen molar-refractivity contribution in [3.05, 3.63) is 64.9 Å². The molecule has 4 aromatic rings. The third-order valence-corrected chi connectivity index (χ3v) is 6.57. The second-order valence-corrected chi connectivity index (χ2v) is 8.95. The van der Waals surface area contributed by atoms with Gasteiger partial charge < -0.3 is 14.5 Å². The number of piperazine rings is 1. The van der Waals surface area contributed by atoms with Crippen molar-refractivity contribution in [1.29, 1.82) is 0 Å². The van der Waals surface area contributed by atoms with Crippen LogP contribution < -0.4 is 4.90 Å². The summed E-state index contributed by atoms with van der Waals surface area (Å²) in [7, 11) is 0. The van der Waals surface area contributed by atoms with Crippen molar-refractivity contribution < 1.29 is 9.53 Å². The van der Waals surface area contributed by atoms with E-state index in [1.54, 1.807) is 6.33 Å². The highest BCUT2D eigenvalue weighted by molar-refractivity contribution is 6.33. The van der Waals surface area contributed by atoms with E-state index < -0.39 is 0 Å². The van der Waals surface area contributed by atoms with Gasteiger partial charge in [-0.1, -0.05) is 35.3 Å². The van der Waals surface area contributed by atoms with Gasteiger partial charge in [-0.2, -0.15) is 0 Å². The van der Waals surface area contributed by atoms with Crippen molar-refractivity contribution in [2.75, 3.05) is 44.3 Å². The zero-order chi connectivity index (χ0) is 24.4. The van der Waals surface area contributed by atoms with Crippen LogP contribution in [0.25, 0.3) is 28.2 Å². The molecule has 1 fully saturated rings. The number of imidazole rings is 1. The molecule has 0 atom stereocenters. The maximum atomic E-state index is 12.3. The molecule has 2 aromatic heterocycles. The van der Waals surface area contributed by atoms with Gasteiger partial charge in [-0.15, -0.1) is 0 Å². The first-order valence-electron chi connectivity index (χ1n) is 11.4. The number of nitrogens with zero attached hydrogens (tertiary/aromatic N) is 6. The van der Waals surface area contributed by atoms with Crippen LogP contribution in [-0.2, 0) is 9.53 Å². The molecule has 0 saturated carbocycles. The predicted octanol–water partition coefficient (Wildman–Crippen LogP) is 4.47. The number of ether oxygens (including phenoxy) is 1. The highest BCUT2D eigenvalue weighted by Gasteiger charge is 2.26. The Morgan fingerprint density at radius 2 is 1.74 bits per heavy atom. The van der Waals surface area contributed by atoms with Gasteiger partial charge in [-0.3, -0.25) is 9.36 Å². The van der Waals surface area contributed by atoms with Crippen molar-refractivity contribution in [3.63, 3.8) is 0 Å². The smallest absolute Gasteiger partial charge is 0.248 e. The zero-order valence-electron chi connectivity index (χ0n) is 19.2. The second kappa shape index (κ2) is 10.2. The number of amides is 1. The summed E-state index contributed by atoms with van der Waals surface area (Å²) >= 11 is 12.7. The Bertz CT molecular complexity index is 1350. The van der Waals surface area contributed by atoms with E-state index in [4.69, 9.17) is 32.9 Å². The fraction of sp³-hybridized carbons (Fsp3) is 0.280. The summed E-state index contributed by atoms with van der Waals surface area (Å²) in [6.45, 7) is 4.97. The number of benzene rings is 2. The molecule has 3 heterocycles. The molecule has 0 bridgehead atoms. The first kappa shape index (κ1) is 23.5. The molecule has 0 spiro atoms. The van der Waals surface area contributed by atoms with Crippen LogP contribution in [-0.4, -0.2) is 69.7 Å². The third kappa shape index (κ3) is 4.69. The monoisotopic (exact) mass is 510 g/mol. The summed E-state index contributed by atoms with van der Waals surface area (Å²) in [5, 5.41) is 1.23. The molecule has 0 N–H and O–H groups in total. The number of carbonyl (C=O) groups is 1. The maximum Gasteiger partial charge on any atom is 0.248 e. The molecular weight excluding hydrogens is 487 g/mol. The molecule has 0 radical (unpaired) electrons. The Labute approximate surface area is 213 Å². The van der Waals surface area contributed by atoms with Gasteiger partial charge in [0.05, 0.1) is 5.02 Å². The molecule has 35 heavy (non-hydrogen) atoms. The summed E-state index contributed by atoms with van der Waals surface area (Å²) in [6.07, 6.45) is 1.55. The van der Waals surface area contributed by atoms with Crippen molar-refractivity contribution in [2.45, 2.75) is 6.92 Å². The first-order valence-corrected chi connectivity index (χ1v) is 12.2. The number of hydrogen-bond acceptors (Lipinski definition) is 6. The van der Waals surface area contributed by atoms with E-state index in [-0.39, 0.29) is 12.5 Å². The molecule has 0 aliphatic carbocycles. The second-order valence-electron chi connectivity index (χ2n) is 8.10. The Hall–Kier alpha value is -3.20. The Balaban J connectivity index is 1.56. The summed E-state index contributed by atoms with van der Waals surface area (Å²) in [5.74, 6) is 1.40. The molecule has 180 valence electrons. The molecule has 2 aromatic carbocycles. The molecule has 5 rings (SSSR count). The number of carbonyl (C=O) groups excluding carboxylic acids is 1. The molecule has 1 aliphatic rings. The lowest BCUT2D eigenvalue weighted by Gasteiger charge is -2.35. The van der Waals surface area contributed by atoms with Crippen molar-refractivity contribution in [1.82, 2.24) is 24.4 Å². The van der Waals surface area contributed by atoms with Crippen LogP contribution in [0.5, 0.6) is 0 Å². The van der Waals surface area contributed by atoms with Crippen LogP contribution in [0.2, 0.25) is 10.0 Å². The van der Waals surface area contributed by atoms with Gasteiger partial charge in [0.25, 0.3) is 0 Å². The van der Waals surface area contributed by atoms with Crippen LogP contribution in [0.1, 0.15) is 6.92 Å². The SMILES string of the molecule is CCOCC(=O)N1CCN(c2ncnc3c2nc(-c2ccccc2Cl)n3-c2ccc(Cl)cc2)CC1. The summed E-state index contributed by atoms with van der Waals surface area (Å²) < 4.78 is 7.25. The van der Waals surface area contributed by atoms with E-state index in [9.17, 15) is 4.79 Å². The average molecular weight is 511 g/mol. The van der Waals surface area contributed by atoms with Gasteiger partial charge >= 0.3 is 0 Å². The number of anilines is 1. The van der Waals surface area contributed by atoms with Gasteiger partial charge in [0.2, 0.25) is 5.91 Å². The average Bonchev–Trinajstić information content (AvgIpc) is 3.27. The minimum absolute atomic E-state index is 0.00681. The Morgan fingerprint density at radius 3 is 2.46 bits per heavy atom. The van der Waals surface area contributed by atoms with Crippen LogP contribution in [0, 0.1) is 0 Å². The molecule has 10 heteroatoms. The Morgan fingerprint density at radius 1 is 1.00 bits per heavy atom. The lowest BCUT2D eigenvalue weighted by atomic mass is 10.2. The maximum absolute atomic E-state index is 12.3. The highest BCUT2D eigenvalue weighted by atomic mass is 35.5. The van der Waals surface area contributed by atoms with Crippen molar-refractivity contribution in [2.24, 2.45) is 0 Å². The van der Waals surface area contributed by atoms with Crippen LogP contribution in [0.4, 0.5) is 5.82 Å². The zero-order valence-corrected chi connectivity index (χ0v) is 20.7. The predicted molar refractivity (Wildman–Crippen MR) is 137 cm³/mol. The lowest BCUT2D eigenvalue weighted by Crippen LogP contribution is -2.50. The van der Waals surface area contributed by atoms with Crippen LogP contribution in [0.15, 0.2) is 54.9 Å². The number of rotatable bonds is 6. The van der Waals surface area contributed by atoms with Gasteiger partial charge in [-0.05, 0) is 43.3 Å². The normalized spacial score (nSPS) is 14.0. The van der Waals surface area contributed by atoms with Crippen LogP contribution in [0.3, 0.4) is 0 Å². The number of hydrogen-bond donors (Lipinski definition) is 0. The van der Waals surface area contributed by atoms with E-state index in [1.165, 1.54) is 0 Å². The minimum atomic E-state index is 0.00681. The van der Waals surface area contributed by atoms with Gasteiger partial charge in [0.15, 0.2) is 17.0 Å². The number of aromatic nitrogens is 4. The molecule has 1 aliphatic heterocycles. The standard InChI is InChI=1S/C25H24Cl2N6O2/c1-2-35-15-21(34)31-11-13-32(14-12-31)24-22-25(29-16-28-24)33(18-9-7-17(26)8-10-18)23(30-22)19-5-3-4-6-20(19)27/h3-10,16H,2,11-15H2,1H3. The fourth-order valence-electron chi connectivity index (χ4n) is 4.22. The Kier molecular flexibility index (Phi) is 6.86. The third-order valence-electron chi connectivity index (χ3n) is 5.99. The first-order chi connectivity index (χ1) is 17.1. The van der Waals surface area contributed by atoms with E-state index in [2.05, 4.69) is 14.9 Å². The number of fused-ring (bicyclic) bond motifs is 1. The molecule has 1 amide bonds. The summed E-state index contributed by atoms with van der Waals surface area (Å²) in [5.41, 5.74) is 3.00. The van der Waals surface area contributed by atoms with Crippen molar-refractivity contribution >= 4 is 46.1 Å². The molecule has 8 nitrogen and oxygen atoms in total. The summed E-state index contributed by atoms with van der Waals surface area (Å²) in [6, 6.07) is 15.1. The van der Waals surface area contributed by atoms with E-state index >= 15 is 0 Å². The van der Waals surface area contributed by atoms with Gasteiger partial charge in [0, 0.05) is 49.1 Å². The van der Waals surface area contributed by atoms with Gasteiger partial charge in [-0.25, -0.2) is 15.0 Å². The van der Waals surface area contributed by atoms with E-state index in [0.717, 1.165) is 17.1 Å². The quantitative estimate of drug-likeness (QED) is 0.380. The van der Waals surface area contributed by atoms with Crippen LogP contribution >= 0.6 is 23.2 Å². The van der Waals surface area contributed by atoms with Crippen molar-refractivity contribution in [3.8, 4) is 17.1 Å². The summed E-state index contributed by atoms with van der Waals surface area (Å²) in [4.78, 5) is 30.5. The number of halogens is 2. The fourth-order valence-corrected chi connectivity index (χ4v) is 4.56. The molecule has 0 unspecified atom stereocenters. The topological polar surface area (TPSA) is 76.4 Å². The van der Waals surface area contributed by atoms with Gasteiger partial charge in [0.1, 0.15) is 18.8 Å². The van der Waals surface area contributed by atoms with E-state index in [0.29, 0.717) is 59.8 Å². The minimum Gasteiger partial charge on any atom is -0.372 e. The largest absolute Gasteiger partial charge is 0.372 e.